The van der Waals surface area contributed by atoms with Crippen LogP contribution in [0.4, 0.5) is 5.69 Å². The van der Waals surface area contributed by atoms with E-state index >= 15 is 0 Å². The minimum atomic E-state index is -4.48. The maximum absolute atomic E-state index is 11.7. The highest BCUT2D eigenvalue weighted by atomic mass is 32.2. The third-order valence-electron chi connectivity index (χ3n) is 2.60. The minimum absolute atomic E-state index is 0.173. The number of nitrogens with zero attached hydrogens (tertiary/aromatic N) is 2. The van der Waals surface area contributed by atoms with Crippen molar-refractivity contribution in [2.75, 3.05) is 5.01 Å². The van der Waals surface area contributed by atoms with Crippen LogP contribution in [0, 0.1) is 6.92 Å². The van der Waals surface area contributed by atoms with Crippen LogP contribution in [0.2, 0.25) is 0 Å². The summed E-state index contributed by atoms with van der Waals surface area (Å²) >= 11 is 0. The molecule has 1 heterocycles. The molecule has 1 aliphatic rings. The molecule has 0 bridgehead atoms. The van der Waals surface area contributed by atoms with E-state index in [-0.39, 0.29) is 17.2 Å². The normalized spacial score (nSPS) is 16.1. The quantitative estimate of drug-likeness (QED) is 0.748. The van der Waals surface area contributed by atoms with Crippen molar-refractivity contribution in [2.24, 2.45) is 5.10 Å². The lowest BCUT2D eigenvalue weighted by atomic mass is 10.2. The molecule has 1 aromatic carbocycles. The summed E-state index contributed by atoms with van der Waals surface area (Å²) in [5.74, 6) is -0.173. The van der Waals surface area contributed by atoms with Crippen molar-refractivity contribution >= 4 is 27.4 Å². The van der Waals surface area contributed by atoms with Gasteiger partial charge in [0.2, 0.25) is 0 Å². The van der Waals surface area contributed by atoms with Gasteiger partial charge in [0.15, 0.2) is 0 Å². The molecule has 0 saturated heterocycles. The van der Waals surface area contributed by atoms with Gasteiger partial charge in [0.05, 0.1) is 17.0 Å². The van der Waals surface area contributed by atoms with Gasteiger partial charge in [0.25, 0.3) is 5.91 Å². The van der Waals surface area contributed by atoms with Gasteiger partial charge in [0, 0.05) is 5.71 Å². The summed E-state index contributed by atoms with van der Waals surface area (Å²) in [5, 5.41) is 5.29. The van der Waals surface area contributed by atoms with Gasteiger partial charge in [-0.1, -0.05) is 0 Å². The number of hydrazone groups is 1. The molecule has 0 aromatic heterocycles. The topological polar surface area (TPSA) is 89.9 Å². The van der Waals surface area contributed by atoms with E-state index in [0.29, 0.717) is 17.0 Å². The van der Waals surface area contributed by atoms with Crippen molar-refractivity contribution in [3.05, 3.63) is 23.8 Å². The molecule has 0 N–H and O–H groups in total. The molecule has 2 rings (SSSR count). The second kappa shape index (κ2) is 4.18. The van der Waals surface area contributed by atoms with Gasteiger partial charge in [-0.2, -0.15) is 5.10 Å². The molecule has 0 radical (unpaired) electrons. The Morgan fingerprint density at radius 2 is 2.00 bits per heavy atom. The fourth-order valence-electron chi connectivity index (χ4n) is 1.76. The van der Waals surface area contributed by atoms with Crippen molar-refractivity contribution in [1.29, 1.82) is 0 Å². The predicted octanol–water partition coefficient (Wildman–Crippen LogP) is 1.01. The Morgan fingerprint density at radius 1 is 1.33 bits per heavy atom. The Labute approximate surface area is 105 Å². The number of amides is 1. The van der Waals surface area contributed by atoms with Gasteiger partial charge in [-0.25, -0.2) is 13.4 Å². The molecule has 0 spiro atoms. The number of hydrogen-bond donors (Lipinski definition) is 0. The zero-order valence-electron chi connectivity index (χ0n) is 9.87. The first-order valence-corrected chi connectivity index (χ1v) is 6.63. The zero-order valence-corrected chi connectivity index (χ0v) is 10.7. The number of carbonyl (C=O) groups is 1. The molecule has 96 valence electrons. The maximum atomic E-state index is 11.7. The first-order chi connectivity index (χ1) is 8.29. The minimum Gasteiger partial charge on any atom is -0.744 e. The van der Waals surface area contributed by atoms with E-state index in [0.717, 1.165) is 0 Å². The van der Waals surface area contributed by atoms with Crippen LogP contribution in [0.25, 0.3) is 0 Å². The zero-order chi connectivity index (χ0) is 13.5. The first-order valence-electron chi connectivity index (χ1n) is 5.22. The second-order valence-electron chi connectivity index (χ2n) is 4.12. The highest BCUT2D eigenvalue weighted by Gasteiger charge is 2.24. The lowest BCUT2D eigenvalue weighted by Crippen LogP contribution is -2.20. The molecule has 18 heavy (non-hydrogen) atoms. The van der Waals surface area contributed by atoms with Crippen LogP contribution in [0.5, 0.6) is 0 Å². The fraction of sp³-hybridized carbons (Fsp3) is 0.273. The number of anilines is 1. The Bertz CT molecular complexity index is 649. The predicted molar refractivity (Wildman–Crippen MR) is 64.4 cm³/mol. The molecule has 1 amide bonds. The van der Waals surface area contributed by atoms with E-state index in [1.54, 1.807) is 13.8 Å². The molecular weight excluding hydrogens is 256 g/mol. The molecule has 1 aliphatic heterocycles. The highest BCUT2D eigenvalue weighted by Crippen LogP contribution is 2.26. The van der Waals surface area contributed by atoms with Gasteiger partial charge in [0.1, 0.15) is 10.1 Å². The average molecular weight is 267 g/mol. The number of aryl methyl sites for hydroxylation is 1. The standard InChI is InChI=1S/C11H12N2O4S/c1-7-5-9(18(15,16)17)3-4-10(7)13-11(14)6-8(2)12-13/h3-5H,6H2,1-2H3,(H,15,16,17)/p-1. The number of rotatable bonds is 2. The molecule has 0 fully saturated rings. The smallest absolute Gasteiger partial charge is 0.253 e. The molecule has 0 atom stereocenters. The van der Waals surface area contributed by atoms with Gasteiger partial charge in [-0.05, 0) is 37.6 Å². The van der Waals surface area contributed by atoms with Crippen LogP contribution >= 0.6 is 0 Å². The Kier molecular flexibility index (Phi) is 2.95. The van der Waals surface area contributed by atoms with E-state index in [9.17, 15) is 17.8 Å². The van der Waals surface area contributed by atoms with Crippen LogP contribution < -0.4 is 5.01 Å². The Hall–Kier alpha value is -1.73. The molecule has 1 aromatic rings. The van der Waals surface area contributed by atoms with E-state index in [1.807, 2.05) is 0 Å². The van der Waals surface area contributed by atoms with E-state index in [1.165, 1.54) is 23.2 Å². The van der Waals surface area contributed by atoms with E-state index in [4.69, 9.17) is 0 Å². The summed E-state index contributed by atoms with van der Waals surface area (Å²) in [6.45, 7) is 3.37. The van der Waals surface area contributed by atoms with Crippen LogP contribution in [0.1, 0.15) is 18.9 Å². The van der Waals surface area contributed by atoms with Crippen molar-refractivity contribution in [2.45, 2.75) is 25.2 Å². The third kappa shape index (κ3) is 2.27. The van der Waals surface area contributed by atoms with Gasteiger partial charge < -0.3 is 4.55 Å². The summed E-state index contributed by atoms with van der Waals surface area (Å²) in [4.78, 5) is 11.3. The highest BCUT2D eigenvalue weighted by molar-refractivity contribution is 7.85. The molecule has 0 aliphatic carbocycles. The largest absolute Gasteiger partial charge is 0.744 e. The molecule has 0 unspecified atom stereocenters. The van der Waals surface area contributed by atoms with Crippen LogP contribution in [-0.4, -0.2) is 24.6 Å². The van der Waals surface area contributed by atoms with Crippen molar-refractivity contribution in [1.82, 2.24) is 0 Å². The summed E-state index contributed by atoms with van der Waals surface area (Å²) in [7, 11) is -4.48. The van der Waals surface area contributed by atoms with Gasteiger partial charge in [-0.3, -0.25) is 4.79 Å². The molecule has 7 heteroatoms. The van der Waals surface area contributed by atoms with Gasteiger partial charge >= 0.3 is 0 Å². The monoisotopic (exact) mass is 267 g/mol. The van der Waals surface area contributed by atoms with Crippen molar-refractivity contribution in [3.8, 4) is 0 Å². The Balaban J connectivity index is 2.46. The molecule has 0 saturated carbocycles. The summed E-state index contributed by atoms with van der Waals surface area (Å²) < 4.78 is 32.6. The van der Waals surface area contributed by atoms with E-state index in [2.05, 4.69) is 5.10 Å². The van der Waals surface area contributed by atoms with Crippen molar-refractivity contribution < 1.29 is 17.8 Å². The van der Waals surface area contributed by atoms with Crippen LogP contribution in [0.3, 0.4) is 0 Å². The molecule has 6 nitrogen and oxygen atoms in total. The lowest BCUT2D eigenvalue weighted by Gasteiger charge is -2.16. The maximum Gasteiger partial charge on any atom is 0.253 e. The second-order valence-corrected chi connectivity index (χ2v) is 5.50. The fourth-order valence-corrected chi connectivity index (χ4v) is 2.32. The first kappa shape index (κ1) is 12.7. The summed E-state index contributed by atoms with van der Waals surface area (Å²) in [6, 6.07) is 3.84. The summed E-state index contributed by atoms with van der Waals surface area (Å²) in [5.41, 5.74) is 1.70. The molecular formula is C11H11N2O4S-. The van der Waals surface area contributed by atoms with Gasteiger partial charge in [-0.15, -0.1) is 0 Å². The third-order valence-corrected chi connectivity index (χ3v) is 3.43. The summed E-state index contributed by atoms with van der Waals surface area (Å²) in [6.07, 6.45) is 0.251. The Morgan fingerprint density at radius 3 is 2.44 bits per heavy atom. The van der Waals surface area contributed by atoms with Crippen molar-refractivity contribution in [3.63, 3.8) is 0 Å². The number of hydrogen-bond acceptors (Lipinski definition) is 5. The average Bonchev–Trinajstić information content (AvgIpc) is 2.56. The van der Waals surface area contributed by atoms with Crippen LogP contribution in [-0.2, 0) is 14.9 Å². The number of carbonyl (C=O) groups excluding carboxylic acids is 1. The SMILES string of the molecule is CC1=NN(c2ccc(S(=O)(=O)[O-])cc2C)C(=O)C1. The number of benzene rings is 1. The lowest BCUT2D eigenvalue weighted by molar-refractivity contribution is -0.116. The van der Waals surface area contributed by atoms with E-state index < -0.39 is 10.1 Å². The van der Waals surface area contributed by atoms with Crippen LogP contribution in [0.15, 0.2) is 28.2 Å².